The van der Waals surface area contributed by atoms with E-state index >= 15 is 0 Å². The number of phenolic OH excluding ortho intramolecular Hbond substituents is 1. The molecule has 2 rings (SSSR count). The summed E-state index contributed by atoms with van der Waals surface area (Å²) in [6.07, 6.45) is 12.4. The summed E-state index contributed by atoms with van der Waals surface area (Å²) in [6.45, 7) is 2.00. The number of aryl methyl sites for hydroxylation is 1. The summed E-state index contributed by atoms with van der Waals surface area (Å²) in [5, 5.41) is 9.62. The largest absolute Gasteiger partial charge is 0.508 e. The maximum Gasteiger partial charge on any atom is 0.118 e. The van der Waals surface area contributed by atoms with Crippen LogP contribution in [-0.4, -0.2) is 5.11 Å². The van der Waals surface area contributed by atoms with Gasteiger partial charge in [-0.1, -0.05) is 57.1 Å². The highest BCUT2D eigenvalue weighted by Crippen LogP contribution is 2.32. The van der Waals surface area contributed by atoms with Crippen molar-refractivity contribution in [3.63, 3.8) is 0 Å². The van der Waals surface area contributed by atoms with E-state index in [1.165, 1.54) is 63.4 Å². The summed E-state index contributed by atoms with van der Waals surface area (Å²) in [4.78, 5) is 0. The molecule has 1 aromatic rings. The van der Waals surface area contributed by atoms with Crippen LogP contribution < -0.4 is 0 Å². The number of rotatable bonds is 1. The molecule has 0 bridgehead atoms. The highest BCUT2D eigenvalue weighted by Gasteiger charge is 2.13. The van der Waals surface area contributed by atoms with Crippen molar-refractivity contribution in [2.24, 2.45) is 0 Å². The molecule has 0 aliphatic heterocycles. The second kappa shape index (κ2) is 6.82. The van der Waals surface area contributed by atoms with E-state index in [2.05, 4.69) is 12.1 Å². The lowest BCUT2D eigenvalue weighted by Gasteiger charge is -2.19. The average molecular weight is 246 g/mol. The summed E-state index contributed by atoms with van der Waals surface area (Å²) < 4.78 is 0. The van der Waals surface area contributed by atoms with Crippen LogP contribution in [0.3, 0.4) is 0 Å². The van der Waals surface area contributed by atoms with E-state index in [1.54, 1.807) is 0 Å². The van der Waals surface area contributed by atoms with Gasteiger partial charge in [0.2, 0.25) is 0 Å². The van der Waals surface area contributed by atoms with Crippen molar-refractivity contribution in [1.29, 1.82) is 0 Å². The Morgan fingerprint density at radius 2 is 1.44 bits per heavy atom. The quantitative estimate of drug-likeness (QED) is 0.712. The van der Waals surface area contributed by atoms with Crippen molar-refractivity contribution in [3.8, 4) is 5.75 Å². The van der Waals surface area contributed by atoms with Crippen LogP contribution in [0.4, 0.5) is 0 Å². The van der Waals surface area contributed by atoms with Crippen molar-refractivity contribution < 1.29 is 5.11 Å². The van der Waals surface area contributed by atoms with E-state index in [-0.39, 0.29) is 0 Å². The molecule has 0 radical (unpaired) electrons. The van der Waals surface area contributed by atoms with Crippen LogP contribution in [0.5, 0.6) is 5.75 Å². The Bertz CT molecular complexity index is 360. The van der Waals surface area contributed by atoms with Crippen LogP contribution in [0, 0.1) is 6.92 Å². The fourth-order valence-electron chi connectivity index (χ4n) is 3.08. The average Bonchev–Trinajstić information content (AvgIpc) is 2.39. The van der Waals surface area contributed by atoms with Crippen LogP contribution in [0.2, 0.25) is 0 Å². The normalized spacial score (nSPS) is 19.6. The molecule has 100 valence electrons. The maximum atomic E-state index is 9.62. The second-order valence-electron chi connectivity index (χ2n) is 5.80. The lowest BCUT2D eigenvalue weighted by atomic mass is 9.86. The third-order valence-electron chi connectivity index (χ3n) is 4.30. The minimum absolute atomic E-state index is 0.429. The van der Waals surface area contributed by atoms with Crippen LogP contribution in [0.25, 0.3) is 0 Å². The fourth-order valence-corrected chi connectivity index (χ4v) is 3.08. The molecule has 0 amide bonds. The summed E-state index contributed by atoms with van der Waals surface area (Å²) in [7, 11) is 0. The molecule has 0 heterocycles. The topological polar surface area (TPSA) is 20.2 Å². The molecule has 0 spiro atoms. The zero-order valence-electron chi connectivity index (χ0n) is 11.6. The third kappa shape index (κ3) is 3.76. The zero-order chi connectivity index (χ0) is 12.8. The van der Waals surface area contributed by atoms with Gasteiger partial charge in [0.05, 0.1) is 0 Å². The number of phenols is 1. The molecule has 1 aliphatic rings. The molecule has 1 saturated carbocycles. The summed E-state index contributed by atoms with van der Waals surface area (Å²) in [6, 6.07) is 6.17. The van der Waals surface area contributed by atoms with Gasteiger partial charge in [-0.25, -0.2) is 0 Å². The number of aromatic hydroxyl groups is 1. The summed E-state index contributed by atoms with van der Waals surface area (Å²) in [5.74, 6) is 1.14. The van der Waals surface area contributed by atoms with Crippen molar-refractivity contribution in [3.05, 3.63) is 29.3 Å². The van der Waals surface area contributed by atoms with Gasteiger partial charge in [0.25, 0.3) is 0 Å². The van der Waals surface area contributed by atoms with Gasteiger partial charge in [-0.3, -0.25) is 0 Å². The van der Waals surface area contributed by atoms with E-state index in [9.17, 15) is 5.11 Å². The minimum Gasteiger partial charge on any atom is -0.508 e. The SMILES string of the molecule is Cc1cc(C2CCCCCCCCC2)ccc1O. The maximum absolute atomic E-state index is 9.62. The van der Waals surface area contributed by atoms with Crippen molar-refractivity contribution >= 4 is 0 Å². The fraction of sp³-hybridized carbons (Fsp3) is 0.647. The molecule has 0 atom stereocenters. The predicted octanol–water partition coefficient (Wildman–Crippen LogP) is 5.31. The van der Waals surface area contributed by atoms with Crippen molar-refractivity contribution in [1.82, 2.24) is 0 Å². The minimum atomic E-state index is 0.429. The lowest BCUT2D eigenvalue weighted by Crippen LogP contribution is -2.01. The number of hydrogen-bond acceptors (Lipinski definition) is 1. The standard InChI is InChI=1S/C17H26O/c1-14-13-16(11-12-17(14)18)15-9-7-5-3-2-4-6-8-10-15/h11-13,15,18H,2-10H2,1H3. The van der Waals surface area contributed by atoms with Gasteiger partial charge in [-0.05, 0) is 42.9 Å². The molecule has 0 saturated heterocycles. The van der Waals surface area contributed by atoms with Crippen LogP contribution in [-0.2, 0) is 0 Å². The molecule has 1 aliphatic carbocycles. The first-order chi connectivity index (χ1) is 8.77. The van der Waals surface area contributed by atoms with Crippen LogP contribution in [0.15, 0.2) is 18.2 Å². The smallest absolute Gasteiger partial charge is 0.118 e. The van der Waals surface area contributed by atoms with E-state index < -0.39 is 0 Å². The Hall–Kier alpha value is -0.980. The predicted molar refractivity (Wildman–Crippen MR) is 77.1 cm³/mol. The van der Waals surface area contributed by atoms with E-state index in [0.717, 1.165) is 5.56 Å². The molecular weight excluding hydrogens is 220 g/mol. The zero-order valence-corrected chi connectivity index (χ0v) is 11.6. The van der Waals surface area contributed by atoms with E-state index in [1.807, 2.05) is 13.0 Å². The van der Waals surface area contributed by atoms with Crippen LogP contribution in [0.1, 0.15) is 74.8 Å². The van der Waals surface area contributed by atoms with Gasteiger partial charge in [-0.15, -0.1) is 0 Å². The molecule has 18 heavy (non-hydrogen) atoms. The van der Waals surface area contributed by atoms with Gasteiger partial charge >= 0.3 is 0 Å². The molecular formula is C17H26O. The van der Waals surface area contributed by atoms with Gasteiger partial charge in [0.15, 0.2) is 0 Å². The summed E-state index contributed by atoms with van der Waals surface area (Å²) in [5.41, 5.74) is 2.45. The molecule has 1 fully saturated rings. The Morgan fingerprint density at radius 1 is 0.889 bits per heavy atom. The Labute approximate surface area is 111 Å². The van der Waals surface area contributed by atoms with E-state index in [0.29, 0.717) is 11.7 Å². The second-order valence-corrected chi connectivity index (χ2v) is 5.80. The van der Waals surface area contributed by atoms with Crippen molar-refractivity contribution in [2.75, 3.05) is 0 Å². The monoisotopic (exact) mass is 246 g/mol. The first-order valence-corrected chi connectivity index (χ1v) is 7.57. The molecule has 0 unspecified atom stereocenters. The Kier molecular flexibility index (Phi) is 5.10. The Balaban J connectivity index is 2.04. The van der Waals surface area contributed by atoms with Crippen LogP contribution >= 0.6 is 0 Å². The number of benzene rings is 1. The molecule has 1 nitrogen and oxygen atoms in total. The molecule has 1 aromatic carbocycles. The molecule has 0 aromatic heterocycles. The third-order valence-corrected chi connectivity index (χ3v) is 4.30. The van der Waals surface area contributed by atoms with Gasteiger partial charge in [0.1, 0.15) is 5.75 Å². The highest BCUT2D eigenvalue weighted by atomic mass is 16.3. The first-order valence-electron chi connectivity index (χ1n) is 7.57. The molecule has 1 heteroatoms. The first kappa shape index (κ1) is 13.5. The lowest BCUT2D eigenvalue weighted by molar-refractivity contribution is 0.458. The summed E-state index contributed by atoms with van der Waals surface area (Å²) >= 11 is 0. The van der Waals surface area contributed by atoms with Crippen molar-refractivity contribution in [2.45, 2.75) is 70.6 Å². The van der Waals surface area contributed by atoms with Gasteiger partial charge in [0, 0.05) is 0 Å². The van der Waals surface area contributed by atoms with Gasteiger partial charge < -0.3 is 5.11 Å². The van der Waals surface area contributed by atoms with E-state index in [4.69, 9.17) is 0 Å². The Morgan fingerprint density at radius 3 is 2.00 bits per heavy atom. The number of hydrogen-bond donors (Lipinski definition) is 1. The highest BCUT2D eigenvalue weighted by molar-refractivity contribution is 5.36. The molecule has 1 N–H and O–H groups in total. The van der Waals surface area contributed by atoms with Gasteiger partial charge in [-0.2, -0.15) is 0 Å².